The van der Waals surface area contributed by atoms with Gasteiger partial charge in [-0.1, -0.05) is 11.2 Å². The van der Waals surface area contributed by atoms with Crippen molar-refractivity contribution in [2.45, 2.75) is 38.5 Å². The summed E-state index contributed by atoms with van der Waals surface area (Å²) < 4.78 is 18.9. The van der Waals surface area contributed by atoms with Crippen LogP contribution in [-0.2, 0) is 9.59 Å². The van der Waals surface area contributed by atoms with Gasteiger partial charge in [0.1, 0.15) is 11.6 Å². The number of aryl methyl sites for hydroxylation is 1. The molecule has 3 aromatic rings. The Morgan fingerprint density at radius 2 is 2.03 bits per heavy atom. The molecule has 0 saturated carbocycles. The number of nitrogens with one attached hydrogen (secondary N) is 1. The van der Waals surface area contributed by atoms with Gasteiger partial charge in [-0.3, -0.25) is 9.59 Å². The largest absolute Gasteiger partial charge is 0.356 e. The lowest BCUT2D eigenvalue weighted by Crippen LogP contribution is -2.38. The van der Waals surface area contributed by atoms with E-state index < -0.39 is 0 Å². The number of rotatable bonds is 5. The standard InChI is InChI=1S/C22H23FN4O3/c1-14-3-2-10-24-22(14)25-19(28)6-7-20(29)27-11-8-15(9-12-27)21-17-13-16(23)4-5-18(17)30-26-21/h2-5,10,13,15H,6-9,11-12H2,1H3,(H,24,25,28). The van der Waals surface area contributed by atoms with Crippen LogP contribution in [0.15, 0.2) is 41.1 Å². The van der Waals surface area contributed by atoms with Gasteiger partial charge in [0, 0.05) is 43.4 Å². The van der Waals surface area contributed by atoms with Crippen molar-refractivity contribution in [2.24, 2.45) is 0 Å². The van der Waals surface area contributed by atoms with Gasteiger partial charge in [0.15, 0.2) is 5.58 Å². The highest BCUT2D eigenvalue weighted by molar-refractivity contribution is 5.93. The number of carbonyl (C=O) groups excluding carboxylic acids is 2. The summed E-state index contributed by atoms with van der Waals surface area (Å²) >= 11 is 0. The lowest BCUT2D eigenvalue weighted by Gasteiger charge is -2.31. The number of piperidine rings is 1. The van der Waals surface area contributed by atoms with Gasteiger partial charge in [0.25, 0.3) is 0 Å². The maximum atomic E-state index is 13.6. The van der Waals surface area contributed by atoms with Crippen molar-refractivity contribution in [3.8, 4) is 0 Å². The molecular formula is C22H23FN4O3. The monoisotopic (exact) mass is 410 g/mol. The fraction of sp³-hybridized carbons (Fsp3) is 0.364. The van der Waals surface area contributed by atoms with E-state index in [1.54, 1.807) is 23.2 Å². The van der Waals surface area contributed by atoms with Crippen molar-refractivity contribution in [3.63, 3.8) is 0 Å². The zero-order valence-corrected chi connectivity index (χ0v) is 16.7. The lowest BCUT2D eigenvalue weighted by atomic mass is 9.91. The number of hydrogen-bond donors (Lipinski definition) is 1. The fourth-order valence-electron chi connectivity index (χ4n) is 3.82. The molecule has 1 fully saturated rings. The van der Waals surface area contributed by atoms with Crippen molar-refractivity contribution in [2.75, 3.05) is 18.4 Å². The first-order valence-electron chi connectivity index (χ1n) is 10.1. The van der Waals surface area contributed by atoms with E-state index >= 15 is 0 Å². The molecule has 0 spiro atoms. The lowest BCUT2D eigenvalue weighted by molar-refractivity contribution is -0.133. The van der Waals surface area contributed by atoms with Crippen molar-refractivity contribution >= 4 is 28.6 Å². The molecule has 1 aliphatic heterocycles. The first kappa shape index (κ1) is 20.0. The highest BCUT2D eigenvalue weighted by atomic mass is 19.1. The van der Waals surface area contributed by atoms with Crippen LogP contribution in [-0.4, -0.2) is 39.9 Å². The molecule has 4 rings (SSSR count). The number of carbonyl (C=O) groups is 2. The number of anilines is 1. The van der Waals surface area contributed by atoms with Crippen LogP contribution in [0.4, 0.5) is 10.2 Å². The van der Waals surface area contributed by atoms with Crippen molar-refractivity contribution < 1.29 is 18.5 Å². The Labute approximate surface area is 173 Å². The second-order valence-corrected chi connectivity index (χ2v) is 7.58. The van der Waals surface area contributed by atoms with Gasteiger partial charge in [0.2, 0.25) is 11.8 Å². The van der Waals surface area contributed by atoms with Crippen molar-refractivity contribution in [3.05, 3.63) is 53.6 Å². The van der Waals surface area contributed by atoms with Gasteiger partial charge in [-0.05, 0) is 49.6 Å². The number of aromatic nitrogens is 2. The second-order valence-electron chi connectivity index (χ2n) is 7.58. The molecule has 2 amide bonds. The number of pyridine rings is 1. The van der Waals surface area contributed by atoms with Crippen LogP contribution in [0.1, 0.15) is 42.9 Å². The van der Waals surface area contributed by atoms with Gasteiger partial charge >= 0.3 is 0 Å². The van der Waals surface area contributed by atoms with Crippen LogP contribution in [0.2, 0.25) is 0 Å². The van der Waals surface area contributed by atoms with Gasteiger partial charge in [0.05, 0.1) is 5.69 Å². The minimum Gasteiger partial charge on any atom is -0.356 e. The summed E-state index contributed by atoms with van der Waals surface area (Å²) in [6.07, 6.45) is 3.33. The molecule has 1 saturated heterocycles. The van der Waals surface area contributed by atoms with Gasteiger partial charge in [-0.2, -0.15) is 0 Å². The minimum atomic E-state index is -0.321. The summed E-state index contributed by atoms with van der Waals surface area (Å²) in [5.74, 6) is 0.0480. The normalized spacial score (nSPS) is 14.8. The van der Waals surface area contributed by atoms with E-state index in [-0.39, 0.29) is 36.4 Å². The Bertz CT molecular complexity index is 1070. The second kappa shape index (κ2) is 8.61. The van der Waals surface area contributed by atoms with Crippen LogP contribution in [0.25, 0.3) is 11.0 Å². The summed E-state index contributed by atoms with van der Waals surface area (Å²) in [6, 6.07) is 8.04. The molecule has 30 heavy (non-hydrogen) atoms. The van der Waals surface area contributed by atoms with E-state index in [9.17, 15) is 14.0 Å². The molecule has 0 atom stereocenters. The third kappa shape index (κ3) is 4.32. The number of nitrogens with zero attached hydrogens (tertiary/aromatic N) is 3. The fourth-order valence-corrected chi connectivity index (χ4v) is 3.82. The van der Waals surface area contributed by atoms with Gasteiger partial charge < -0.3 is 14.7 Å². The predicted octanol–water partition coefficient (Wildman–Crippen LogP) is 3.80. The summed E-state index contributed by atoms with van der Waals surface area (Å²) in [5.41, 5.74) is 2.19. The highest BCUT2D eigenvalue weighted by Gasteiger charge is 2.27. The Morgan fingerprint density at radius 3 is 2.80 bits per heavy atom. The molecule has 3 heterocycles. The molecule has 0 bridgehead atoms. The van der Waals surface area contributed by atoms with Crippen LogP contribution in [0.3, 0.4) is 0 Å². The molecule has 1 N–H and O–H groups in total. The van der Waals surface area contributed by atoms with E-state index in [2.05, 4.69) is 15.5 Å². The highest BCUT2D eigenvalue weighted by Crippen LogP contribution is 2.33. The summed E-state index contributed by atoms with van der Waals surface area (Å²) in [4.78, 5) is 30.6. The number of benzene rings is 1. The third-order valence-corrected chi connectivity index (χ3v) is 5.53. The maximum Gasteiger partial charge on any atom is 0.226 e. The van der Waals surface area contributed by atoms with Crippen molar-refractivity contribution in [1.82, 2.24) is 15.0 Å². The Hall–Kier alpha value is -3.29. The third-order valence-electron chi connectivity index (χ3n) is 5.53. The molecule has 0 unspecified atom stereocenters. The van der Waals surface area contributed by atoms with Crippen molar-refractivity contribution in [1.29, 1.82) is 0 Å². The zero-order valence-electron chi connectivity index (χ0n) is 16.7. The molecule has 2 aromatic heterocycles. The van der Waals surface area contributed by atoms with Crippen LogP contribution < -0.4 is 5.32 Å². The number of fused-ring (bicyclic) bond motifs is 1. The quantitative estimate of drug-likeness (QED) is 0.691. The van der Waals surface area contributed by atoms with Crippen LogP contribution >= 0.6 is 0 Å². The first-order valence-corrected chi connectivity index (χ1v) is 10.1. The molecule has 8 heteroatoms. The number of likely N-dealkylation sites (tertiary alicyclic amines) is 1. The summed E-state index contributed by atoms with van der Waals surface area (Å²) in [7, 11) is 0. The zero-order chi connectivity index (χ0) is 21.1. The van der Waals surface area contributed by atoms with E-state index in [1.807, 2.05) is 13.0 Å². The maximum absolute atomic E-state index is 13.6. The molecule has 1 aliphatic rings. The van der Waals surface area contributed by atoms with Gasteiger partial charge in [-0.15, -0.1) is 0 Å². The first-order chi connectivity index (χ1) is 14.5. The topological polar surface area (TPSA) is 88.3 Å². The minimum absolute atomic E-state index is 0.0441. The van der Waals surface area contributed by atoms with E-state index in [0.29, 0.717) is 29.9 Å². The smallest absolute Gasteiger partial charge is 0.226 e. The Kier molecular flexibility index (Phi) is 5.74. The summed E-state index contributed by atoms with van der Waals surface area (Å²) in [6.45, 7) is 3.02. The number of amides is 2. The van der Waals surface area contributed by atoms with E-state index in [1.165, 1.54) is 12.1 Å². The average molecular weight is 410 g/mol. The van der Waals surface area contributed by atoms with E-state index in [0.717, 1.165) is 24.1 Å². The van der Waals surface area contributed by atoms with Crippen LogP contribution in [0, 0.1) is 12.7 Å². The van der Waals surface area contributed by atoms with Crippen LogP contribution in [0.5, 0.6) is 0 Å². The molecular weight excluding hydrogens is 387 g/mol. The molecule has 1 aromatic carbocycles. The SMILES string of the molecule is Cc1cccnc1NC(=O)CCC(=O)N1CCC(c2noc3ccc(F)cc23)CC1. The molecule has 0 aliphatic carbocycles. The Balaban J connectivity index is 1.28. The predicted molar refractivity (Wildman–Crippen MR) is 109 cm³/mol. The molecule has 0 radical (unpaired) electrons. The average Bonchev–Trinajstić information content (AvgIpc) is 3.17. The van der Waals surface area contributed by atoms with Gasteiger partial charge in [-0.25, -0.2) is 9.37 Å². The molecule has 7 nitrogen and oxygen atoms in total. The van der Waals surface area contributed by atoms with E-state index in [4.69, 9.17) is 4.52 Å². The Morgan fingerprint density at radius 1 is 1.23 bits per heavy atom. The number of halogens is 1. The molecule has 156 valence electrons. The summed E-state index contributed by atoms with van der Waals surface area (Å²) in [5, 5.41) is 7.57. The number of hydrogen-bond acceptors (Lipinski definition) is 5.